The molecule has 0 bridgehead atoms. The van der Waals surface area contributed by atoms with Crippen LogP contribution in [0, 0.1) is 6.92 Å². The van der Waals surface area contributed by atoms with Crippen LogP contribution in [-0.4, -0.2) is 36.3 Å². The summed E-state index contributed by atoms with van der Waals surface area (Å²) in [7, 11) is -4.02. The first-order valence-corrected chi connectivity index (χ1v) is 10.7. The molecule has 0 amide bonds. The lowest BCUT2D eigenvalue weighted by Gasteiger charge is -2.25. The predicted octanol–water partition coefficient (Wildman–Crippen LogP) is 3.85. The van der Waals surface area contributed by atoms with Crippen molar-refractivity contribution in [3.63, 3.8) is 0 Å². The van der Waals surface area contributed by atoms with Gasteiger partial charge in [0.15, 0.2) is 0 Å². The molecule has 152 valence electrons. The van der Waals surface area contributed by atoms with Gasteiger partial charge in [-0.15, -0.1) is 5.10 Å². The van der Waals surface area contributed by atoms with Crippen molar-refractivity contribution in [1.82, 2.24) is 15.5 Å². The fourth-order valence-corrected chi connectivity index (χ4v) is 3.11. The van der Waals surface area contributed by atoms with E-state index in [0.717, 1.165) is 24.3 Å². The molecule has 2 heterocycles. The highest BCUT2D eigenvalue weighted by atomic mass is 35.5. The highest BCUT2D eigenvalue weighted by molar-refractivity contribution is 7.85. The molecule has 0 spiro atoms. The fraction of sp³-hybridized carbons (Fsp3) is 0.200. The van der Waals surface area contributed by atoms with Crippen LogP contribution in [0.25, 0.3) is 0 Å². The molecule has 1 aliphatic heterocycles. The fourth-order valence-electron chi connectivity index (χ4n) is 2.45. The molecule has 0 unspecified atom stereocenters. The monoisotopic (exact) mass is 433 g/mol. The molecule has 1 aliphatic rings. The summed E-state index contributed by atoms with van der Waals surface area (Å²) in [4.78, 5) is -0.0666. The first kappa shape index (κ1) is 21.2. The van der Waals surface area contributed by atoms with Gasteiger partial charge in [-0.1, -0.05) is 41.4 Å². The number of nitrogens with one attached hydrogen (secondary N) is 1. The van der Waals surface area contributed by atoms with Crippen molar-refractivity contribution in [1.29, 1.82) is 0 Å². The molecule has 29 heavy (non-hydrogen) atoms. The number of hydrogen-bond acceptors (Lipinski definition) is 6. The summed E-state index contributed by atoms with van der Waals surface area (Å²) >= 11 is 6.01. The van der Waals surface area contributed by atoms with Crippen LogP contribution >= 0.6 is 11.6 Å². The van der Waals surface area contributed by atoms with E-state index in [1.54, 1.807) is 24.3 Å². The van der Waals surface area contributed by atoms with E-state index >= 15 is 0 Å². The summed E-state index contributed by atoms with van der Waals surface area (Å²) in [5.74, 6) is 1.53. The van der Waals surface area contributed by atoms with Crippen molar-refractivity contribution in [3.05, 3.63) is 76.9 Å². The third-order valence-electron chi connectivity index (χ3n) is 4.23. The normalized spacial score (nSPS) is 13.8. The van der Waals surface area contributed by atoms with Gasteiger partial charge in [-0.2, -0.15) is 13.5 Å². The van der Waals surface area contributed by atoms with Gasteiger partial charge in [-0.3, -0.25) is 4.55 Å². The maximum Gasteiger partial charge on any atom is 0.294 e. The van der Waals surface area contributed by atoms with Crippen molar-refractivity contribution < 1.29 is 17.7 Å². The van der Waals surface area contributed by atoms with Gasteiger partial charge >= 0.3 is 0 Å². The molecule has 0 aliphatic carbocycles. The van der Waals surface area contributed by atoms with E-state index in [1.165, 1.54) is 12.1 Å². The highest BCUT2D eigenvalue weighted by Gasteiger charge is 2.20. The average molecular weight is 434 g/mol. The van der Waals surface area contributed by atoms with Crippen LogP contribution in [0.15, 0.2) is 65.6 Å². The Labute approximate surface area is 174 Å². The Morgan fingerprint density at radius 2 is 1.72 bits per heavy atom. The third-order valence-corrected chi connectivity index (χ3v) is 5.41. The number of nitrogens with zero attached hydrogens (tertiary/aromatic N) is 2. The summed E-state index contributed by atoms with van der Waals surface area (Å²) in [6.45, 7) is 3.78. The van der Waals surface area contributed by atoms with E-state index < -0.39 is 10.1 Å². The second kappa shape index (κ2) is 9.32. The molecule has 4 rings (SSSR count). The minimum Gasteiger partial charge on any atom is -0.436 e. The van der Waals surface area contributed by atoms with E-state index in [-0.39, 0.29) is 4.90 Å². The van der Waals surface area contributed by atoms with Crippen molar-refractivity contribution in [2.45, 2.75) is 17.7 Å². The topological polar surface area (TPSA) is 101 Å². The molecule has 2 aromatic carbocycles. The number of para-hydroxylation sites is 1. The predicted molar refractivity (Wildman–Crippen MR) is 110 cm³/mol. The number of halogens is 1. The van der Waals surface area contributed by atoms with E-state index in [4.69, 9.17) is 20.9 Å². The van der Waals surface area contributed by atoms with Gasteiger partial charge < -0.3 is 10.1 Å². The van der Waals surface area contributed by atoms with Gasteiger partial charge in [0.05, 0.1) is 15.6 Å². The molecular formula is C20H20ClN3O4S. The zero-order valence-electron chi connectivity index (χ0n) is 15.6. The van der Waals surface area contributed by atoms with E-state index in [9.17, 15) is 8.42 Å². The second-order valence-electron chi connectivity index (χ2n) is 6.47. The summed E-state index contributed by atoms with van der Waals surface area (Å²) in [6.07, 6.45) is 0. The zero-order chi connectivity index (χ0) is 20.9. The van der Waals surface area contributed by atoms with Gasteiger partial charge in [-0.25, -0.2) is 0 Å². The van der Waals surface area contributed by atoms with Gasteiger partial charge in [-0.05, 0) is 37.3 Å². The SMILES string of the molecule is Cc1ccc(S(=O)(=O)O)cc1.Clc1ccccc1Oc1ccc(C2CNC2)nn1. The van der Waals surface area contributed by atoms with E-state index in [0.29, 0.717) is 22.6 Å². The van der Waals surface area contributed by atoms with Gasteiger partial charge in [0, 0.05) is 25.1 Å². The van der Waals surface area contributed by atoms with Crippen LogP contribution in [0.5, 0.6) is 11.6 Å². The lowest BCUT2D eigenvalue weighted by atomic mass is 9.99. The molecule has 1 saturated heterocycles. The average Bonchev–Trinajstić information content (AvgIpc) is 2.64. The van der Waals surface area contributed by atoms with Crippen LogP contribution in [0.3, 0.4) is 0 Å². The number of ether oxygens (including phenoxy) is 1. The minimum absolute atomic E-state index is 0.0666. The molecule has 0 radical (unpaired) electrons. The Morgan fingerprint density at radius 3 is 2.24 bits per heavy atom. The Bertz CT molecular complexity index is 1050. The van der Waals surface area contributed by atoms with Crippen LogP contribution in [-0.2, 0) is 10.1 Å². The number of hydrogen-bond donors (Lipinski definition) is 2. The van der Waals surface area contributed by atoms with Crippen LogP contribution in [0.4, 0.5) is 0 Å². The highest BCUT2D eigenvalue weighted by Crippen LogP contribution is 2.28. The van der Waals surface area contributed by atoms with Crippen molar-refractivity contribution in [3.8, 4) is 11.6 Å². The maximum absolute atomic E-state index is 10.5. The number of aryl methyl sites for hydroxylation is 1. The maximum atomic E-state index is 10.5. The van der Waals surface area contributed by atoms with Gasteiger partial charge in [0.25, 0.3) is 10.1 Å². The van der Waals surface area contributed by atoms with Gasteiger partial charge in [0.1, 0.15) is 5.75 Å². The molecule has 2 N–H and O–H groups in total. The number of benzene rings is 2. The number of aromatic nitrogens is 2. The van der Waals surface area contributed by atoms with Crippen molar-refractivity contribution in [2.24, 2.45) is 0 Å². The molecule has 7 nitrogen and oxygen atoms in total. The molecule has 3 aromatic rings. The Balaban J connectivity index is 0.000000188. The van der Waals surface area contributed by atoms with Crippen LogP contribution in [0.1, 0.15) is 17.2 Å². The largest absolute Gasteiger partial charge is 0.436 e. The van der Waals surface area contributed by atoms with Crippen LogP contribution in [0.2, 0.25) is 5.02 Å². The summed E-state index contributed by atoms with van der Waals surface area (Å²) < 4.78 is 35.1. The Hall–Kier alpha value is -2.52. The molecule has 1 aromatic heterocycles. The summed E-state index contributed by atoms with van der Waals surface area (Å²) in [6, 6.07) is 17.1. The molecule has 1 fully saturated rings. The second-order valence-corrected chi connectivity index (χ2v) is 8.30. The van der Waals surface area contributed by atoms with Crippen LogP contribution < -0.4 is 10.1 Å². The molecule has 0 atom stereocenters. The Morgan fingerprint density at radius 1 is 1.03 bits per heavy atom. The standard InChI is InChI=1S/C13H12ClN3O.C7H8O3S/c14-10-3-1-2-4-12(10)18-13-6-5-11(16-17-13)9-7-15-8-9;1-6-2-4-7(5-3-6)11(8,9)10/h1-6,9,15H,7-8H2;2-5H,1H3,(H,8,9,10). The van der Waals surface area contributed by atoms with Gasteiger partial charge in [0.2, 0.25) is 5.88 Å². The van der Waals surface area contributed by atoms with Crippen molar-refractivity contribution >= 4 is 21.7 Å². The third kappa shape index (κ3) is 5.98. The molecule has 0 saturated carbocycles. The smallest absolute Gasteiger partial charge is 0.294 e. The Kier molecular flexibility index (Phi) is 6.81. The lowest BCUT2D eigenvalue weighted by molar-refractivity contribution is 0.424. The number of rotatable bonds is 4. The summed E-state index contributed by atoms with van der Waals surface area (Å²) in [5.41, 5.74) is 1.96. The lowest BCUT2D eigenvalue weighted by Crippen LogP contribution is -2.40. The van der Waals surface area contributed by atoms with E-state index in [2.05, 4.69) is 15.5 Å². The minimum atomic E-state index is -4.02. The molecular weight excluding hydrogens is 414 g/mol. The zero-order valence-corrected chi connectivity index (χ0v) is 17.2. The van der Waals surface area contributed by atoms with E-state index in [1.807, 2.05) is 31.2 Å². The quantitative estimate of drug-likeness (QED) is 0.602. The summed E-state index contributed by atoms with van der Waals surface area (Å²) in [5, 5.41) is 12.0. The molecule has 9 heteroatoms. The first-order chi connectivity index (χ1) is 13.8. The first-order valence-electron chi connectivity index (χ1n) is 8.84. The van der Waals surface area contributed by atoms with Crippen molar-refractivity contribution in [2.75, 3.05) is 13.1 Å².